The third-order valence-corrected chi connectivity index (χ3v) is 3.27. The summed E-state index contributed by atoms with van der Waals surface area (Å²) >= 11 is 1.32. The molecule has 2 N–H and O–H groups in total. The summed E-state index contributed by atoms with van der Waals surface area (Å²) < 4.78 is 5.07. The van der Waals surface area contributed by atoms with E-state index in [2.05, 4.69) is 5.32 Å². The molecule has 0 saturated carbocycles. The summed E-state index contributed by atoms with van der Waals surface area (Å²) in [5.74, 6) is -1.31. The molecule has 1 unspecified atom stereocenters. The molecule has 0 aromatic carbocycles. The Morgan fingerprint density at radius 2 is 2.24 bits per heavy atom. The van der Waals surface area contributed by atoms with Crippen molar-refractivity contribution in [2.75, 3.05) is 13.7 Å². The number of hydrogen-bond acceptors (Lipinski definition) is 4. The number of thiophene rings is 1. The Balaban J connectivity index is 2.66. The van der Waals surface area contributed by atoms with Crippen LogP contribution in [0.1, 0.15) is 21.5 Å². The number of hydrogen-bond donors (Lipinski definition) is 2. The fourth-order valence-corrected chi connectivity index (χ4v) is 2.11. The van der Waals surface area contributed by atoms with Gasteiger partial charge in [0.1, 0.15) is 10.6 Å². The van der Waals surface area contributed by atoms with E-state index in [1.807, 2.05) is 6.92 Å². The highest BCUT2D eigenvalue weighted by Crippen LogP contribution is 2.28. The highest BCUT2D eigenvalue weighted by atomic mass is 32.1. The number of aryl methyl sites for hydroxylation is 1. The molecule has 0 saturated heterocycles. The molecule has 6 heteroatoms. The lowest BCUT2D eigenvalue weighted by Crippen LogP contribution is -2.31. The molecular formula is C11H15NO4S. The second kappa shape index (κ2) is 5.67. The smallest absolute Gasteiger partial charge is 0.308 e. The van der Waals surface area contributed by atoms with Gasteiger partial charge in [-0.3, -0.25) is 9.59 Å². The minimum Gasteiger partial charge on any atom is -0.495 e. The van der Waals surface area contributed by atoms with Crippen LogP contribution in [0.25, 0.3) is 0 Å². The average Bonchev–Trinajstić information content (AvgIpc) is 2.66. The molecule has 94 valence electrons. The maximum atomic E-state index is 11.8. The van der Waals surface area contributed by atoms with Gasteiger partial charge in [0.15, 0.2) is 0 Å². The second-order valence-corrected chi connectivity index (χ2v) is 4.96. The largest absolute Gasteiger partial charge is 0.495 e. The monoisotopic (exact) mass is 257 g/mol. The van der Waals surface area contributed by atoms with Gasteiger partial charge in [-0.25, -0.2) is 0 Å². The van der Waals surface area contributed by atoms with Gasteiger partial charge in [-0.15, -0.1) is 11.3 Å². The third-order valence-electron chi connectivity index (χ3n) is 2.24. The van der Waals surface area contributed by atoms with Gasteiger partial charge in [0.05, 0.1) is 13.0 Å². The van der Waals surface area contributed by atoms with Crippen LogP contribution >= 0.6 is 11.3 Å². The molecule has 0 aliphatic heterocycles. The van der Waals surface area contributed by atoms with Crippen molar-refractivity contribution in [2.45, 2.75) is 13.8 Å². The molecule has 1 atom stereocenters. The Morgan fingerprint density at radius 1 is 1.59 bits per heavy atom. The van der Waals surface area contributed by atoms with Crippen molar-refractivity contribution in [1.82, 2.24) is 5.32 Å². The van der Waals surface area contributed by atoms with E-state index in [9.17, 15) is 9.59 Å². The van der Waals surface area contributed by atoms with Crippen LogP contribution in [-0.4, -0.2) is 30.6 Å². The molecule has 1 amide bonds. The number of carbonyl (C=O) groups excluding carboxylic acids is 1. The average molecular weight is 257 g/mol. The lowest BCUT2D eigenvalue weighted by Gasteiger charge is -2.08. The summed E-state index contributed by atoms with van der Waals surface area (Å²) in [5, 5.41) is 11.3. The van der Waals surface area contributed by atoms with E-state index in [1.54, 1.807) is 13.0 Å². The first kappa shape index (κ1) is 13.5. The van der Waals surface area contributed by atoms with Crippen LogP contribution in [0.3, 0.4) is 0 Å². The quantitative estimate of drug-likeness (QED) is 0.838. The minimum absolute atomic E-state index is 0.105. The number of carboxylic acid groups (broad SMARTS) is 1. The van der Waals surface area contributed by atoms with Crippen LogP contribution in [0.2, 0.25) is 0 Å². The van der Waals surface area contributed by atoms with E-state index < -0.39 is 11.9 Å². The number of carbonyl (C=O) groups is 2. The Kier molecular flexibility index (Phi) is 4.51. The highest BCUT2D eigenvalue weighted by Gasteiger charge is 2.18. The first-order chi connectivity index (χ1) is 7.95. The van der Waals surface area contributed by atoms with E-state index >= 15 is 0 Å². The van der Waals surface area contributed by atoms with Gasteiger partial charge < -0.3 is 15.2 Å². The second-order valence-electron chi connectivity index (χ2n) is 3.70. The van der Waals surface area contributed by atoms with Gasteiger partial charge in [0, 0.05) is 11.4 Å². The lowest BCUT2D eigenvalue weighted by molar-refractivity contribution is -0.140. The zero-order chi connectivity index (χ0) is 13.0. The summed E-state index contributed by atoms with van der Waals surface area (Å²) in [6, 6.07) is 1.78. The number of carboxylic acids is 1. The minimum atomic E-state index is -0.931. The molecule has 0 fully saturated rings. The van der Waals surface area contributed by atoms with Crippen molar-refractivity contribution in [3.05, 3.63) is 15.8 Å². The maximum absolute atomic E-state index is 11.8. The number of ether oxygens (including phenoxy) is 1. The number of amides is 1. The van der Waals surface area contributed by atoms with Gasteiger partial charge in [-0.1, -0.05) is 6.92 Å². The number of aliphatic carboxylic acids is 1. The van der Waals surface area contributed by atoms with Gasteiger partial charge >= 0.3 is 5.97 Å². The predicted octanol–water partition coefficient (Wildman–Crippen LogP) is 1.52. The first-order valence-electron chi connectivity index (χ1n) is 5.11. The van der Waals surface area contributed by atoms with Crippen LogP contribution in [0, 0.1) is 12.8 Å². The third kappa shape index (κ3) is 3.45. The fourth-order valence-electron chi connectivity index (χ4n) is 1.21. The first-order valence-corrected chi connectivity index (χ1v) is 5.92. The maximum Gasteiger partial charge on any atom is 0.308 e. The molecule has 17 heavy (non-hydrogen) atoms. The Labute approximate surface area is 103 Å². The van der Waals surface area contributed by atoms with Crippen LogP contribution in [0.4, 0.5) is 0 Å². The van der Waals surface area contributed by atoms with E-state index in [4.69, 9.17) is 9.84 Å². The molecule has 0 aliphatic carbocycles. The van der Waals surface area contributed by atoms with E-state index in [-0.39, 0.29) is 12.5 Å². The molecule has 1 rings (SSSR count). The number of methoxy groups -OCH3 is 1. The molecular weight excluding hydrogens is 242 g/mol. The van der Waals surface area contributed by atoms with Gasteiger partial charge in [0.25, 0.3) is 5.91 Å². The van der Waals surface area contributed by atoms with Gasteiger partial charge in [0.2, 0.25) is 0 Å². The van der Waals surface area contributed by atoms with Crippen molar-refractivity contribution < 1.29 is 19.4 Å². The van der Waals surface area contributed by atoms with Gasteiger partial charge in [-0.2, -0.15) is 0 Å². The Morgan fingerprint density at radius 3 is 2.76 bits per heavy atom. The standard InChI is InChI=1S/C11H15NO4S/c1-6(11(14)15)5-12-10(13)9-8(16-3)4-7(2)17-9/h4,6H,5H2,1-3H3,(H,12,13)(H,14,15). The normalized spacial score (nSPS) is 11.9. The summed E-state index contributed by atoms with van der Waals surface area (Å²) in [6.07, 6.45) is 0. The Hall–Kier alpha value is -1.56. The van der Waals surface area contributed by atoms with E-state index in [0.717, 1.165) is 4.88 Å². The summed E-state index contributed by atoms with van der Waals surface area (Å²) in [6.45, 7) is 3.53. The van der Waals surface area contributed by atoms with Crippen LogP contribution in [-0.2, 0) is 4.79 Å². The van der Waals surface area contributed by atoms with Crippen LogP contribution in [0.15, 0.2) is 6.07 Å². The molecule has 0 aliphatic rings. The van der Waals surface area contributed by atoms with Crippen LogP contribution in [0.5, 0.6) is 5.75 Å². The highest BCUT2D eigenvalue weighted by molar-refractivity contribution is 7.14. The predicted molar refractivity (Wildman–Crippen MR) is 64.7 cm³/mol. The van der Waals surface area contributed by atoms with Crippen LogP contribution < -0.4 is 10.1 Å². The van der Waals surface area contributed by atoms with E-state index in [1.165, 1.54) is 18.4 Å². The molecule has 0 spiro atoms. The molecule has 1 heterocycles. The molecule has 1 aromatic rings. The summed E-state index contributed by atoms with van der Waals surface area (Å²) in [7, 11) is 1.50. The van der Waals surface area contributed by atoms with Gasteiger partial charge in [-0.05, 0) is 13.0 Å². The van der Waals surface area contributed by atoms with Crippen molar-refractivity contribution in [3.8, 4) is 5.75 Å². The van der Waals surface area contributed by atoms with Crippen molar-refractivity contribution >= 4 is 23.2 Å². The zero-order valence-electron chi connectivity index (χ0n) is 9.94. The number of rotatable bonds is 5. The molecule has 1 aromatic heterocycles. The summed E-state index contributed by atoms with van der Waals surface area (Å²) in [4.78, 5) is 23.8. The van der Waals surface area contributed by atoms with Crippen molar-refractivity contribution in [3.63, 3.8) is 0 Å². The zero-order valence-corrected chi connectivity index (χ0v) is 10.8. The Bertz CT molecular complexity index is 427. The molecule has 5 nitrogen and oxygen atoms in total. The SMILES string of the molecule is COc1cc(C)sc1C(=O)NCC(C)C(=O)O. The molecule has 0 radical (unpaired) electrons. The molecule has 0 bridgehead atoms. The fraction of sp³-hybridized carbons (Fsp3) is 0.455. The van der Waals surface area contributed by atoms with E-state index in [0.29, 0.717) is 10.6 Å². The van der Waals surface area contributed by atoms with Crippen molar-refractivity contribution in [2.24, 2.45) is 5.92 Å². The lowest BCUT2D eigenvalue weighted by atomic mass is 10.2. The topological polar surface area (TPSA) is 75.6 Å². The summed E-state index contributed by atoms with van der Waals surface area (Å²) in [5.41, 5.74) is 0. The number of nitrogens with one attached hydrogen (secondary N) is 1. The van der Waals surface area contributed by atoms with Crippen molar-refractivity contribution in [1.29, 1.82) is 0 Å².